The maximum Gasteiger partial charge on any atom is 0.203 e. The first-order chi connectivity index (χ1) is 13.7. The van der Waals surface area contributed by atoms with Crippen LogP contribution >= 0.6 is 11.8 Å². The first-order valence-corrected chi connectivity index (χ1v) is 10.6. The van der Waals surface area contributed by atoms with Gasteiger partial charge in [-0.15, -0.1) is 0 Å². The number of Topliss-reactive ketones (excluding diaryl/α,β-unsaturated/α-hetero) is 1. The van der Waals surface area contributed by atoms with E-state index in [1.807, 2.05) is 12.1 Å². The van der Waals surface area contributed by atoms with E-state index in [0.29, 0.717) is 17.6 Å². The van der Waals surface area contributed by atoms with Gasteiger partial charge in [-0.1, -0.05) is 71.9 Å². The van der Waals surface area contributed by atoms with Gasteiger partial charge in [0.1, 0.15) is 0 Å². The lowest BCUT2D eigenvalue weighted by molar-refractivity contribution is 0.0853. The van der Waals surface area contributed by atoms with Gasteiger partial charge in [-0.25, -0.2) is 0 Å². The molecule has 3 heteroatoms. The van der Waals surface area contributed by atoms with Gasteiger partial charge in [0.25, 0.3) is 0 Å². The molecule has 2 nitrogen and oxygen atoms in total. The molecule has 0 radical (unpaired) electrons. The molecule has 0 N–H and O–H groups in total. The highest BCUT2D eigenvalue weighted by Gasteiger charge is 2.49. The molecule has 2 aromatic carbocycles. The van der Waals surface area contributed by atoms with Crippen LogP contribution in [0.15, 0.2) is 93.3 Å². The molecule has 2 aliphatic carbocycles. The van der Waals surface area contributed by atoms with Crippen LogP contribution in [0.3, 0.4) is 0 Å². The molecule has 0 saturated heterocycles. The van der Waals surface area contributed by atoms with Crippen molar-refractivity contribution in [2.24, 2.45) is 17.8 Å². The van der Waals surface area contributed by atoms with Crippen molar-refractivity contribution in [2.45, 2.75) is 29.1 Å². The Kier molecular flexibility index (Phi) is 4.48. The van der Waals surface area contributed by atoms with Crippen LogP contribution in [0.25, 0.3) is 0 Å². The molecule has 1 fully saturated rings. The van der Waals surface area contributed by atoms with Crippen molar-refractivity contribution in [3.8, 4) is 0 Å². The molecule has 0 amide bonds. The highest BCUT2D eigenvalue weighted by molar-refractivity contribution is 7.99. The number of hydrogen-bond acceptors (Lipinski definition) is 3. The van der Waals surface area contributed by atoms with Crippen molar-refractivity contribution < 1.29 is 9.21 Å². The van der Waals surface area contributed by atoms with Crippen molar-refractivity contribution in [3.63, 3.8) is 0 Å². The summed E-state index contributed by atoms with van der Waals surface area (Å²) < 4.78 is 5.73. The molecular weight excluding hydrogens is 364 g/mol. The second-order valence-corrected chi connectivity index (χ2v) is 8.92. The summed E-state index contributed by atoms with van der Waals surface area (Å²) in [5.74, 6) is 1.62. The summed E-state index contributed by atoms with van der Waals surface area (Å²) in [6.07, 6.45) is 7.25. The highest BCUT2D eigenvalue weighted by Crippen LogP contribution is 2.54. The molecule has 3 aromatic rings. The van der Waals surface area contributed by atoms with E-state index in [-0.39, 0.29) is 17.6 Å². The van der Waals surface area contributed by atoms with Crippen LogP contribution in [0.5, 0.6) is 0 Å². The molecule has 2 aliphatic rings. The molecule has 1 aromatic heterocycles. The van der Waals surface area contributed by atoms with E-state index >= 15 is 0 Å². The summed E-state index contributed by atoms with van der Waals surface area (Å²) >= 11 is 1.60. The molecule has 28 heavy (non-hydrogen) atoms. The number of carbonyl (C=O) groups is 1. The third kappa shape index (κ3) is 3.04. The Bertz CT molecular complexity index is 1020. The van der Waals surface area contributed by atoms with Crippen molar-refractivity contribution in [1.82, 2.24) is 0 Å². The van der Waals surface area contributed by atoms with Gasteiger partial charge in [0, 0.05) is 16.7 Å². The van der Waals surface area contributed by atoms with Crippen molar-refractivity contribution in [2.75, 3.05) is 0 Å². The highest BCUT2D eigenvalue weighted by atomic mass is 32.2. The Morgan fingerprint density at radius 1 is 0.964 bits per heavy atom. The topological polar surface area (TPSA) is 30.2 Å². The van der Waals surface area contributed by atoms with Crippen molar-refractivity contribution in [3.05, 3.63) is 96.0 Å². The average Bonchev–Trinajstić information content (AvgIpc) is 3.46. The number of carbonyl (C=O) groups excluding carboxylic acids is 1. The first-order valence-electron chi connectivity index (χ1n) is 9.80. The lowest BCUT2D eigenvalue weighted by atomic mass is 9.76. The monoisotopic (exact) mass is 386 g/mol. The van der Waals surface area contributed by atoms with Crippen LogP contribution in [0.1, 0.15) is 34.0 Å². The van der Waals surface area contributed by atoms with E-state index in [1.54, 1.807) is 18.0 Å². The van der Waals surface area contributed by atoms with Crippen molar-refractivity contribution >= 4 is 17.5 Å². The van der Waals surface area contributed by atoms with E-state index in [0.717, 1.165) is 16.2 Å². The number of hydrogen-bond donors (Lipinski definition) is 0. The standard InChI is InChI=1S/C25H22O2S/c1-16-7-11-20(12-8-16)28-21-13-14-27-25(21)24(26)23-19-10-9-18(15-19)22(23)17-5-3-2-4-6-17/h2-14,18-19,22-23H,15H2,1H3/t18-,19+,22+,23+/m1/s1. The Morgan fingerprint density at radius 3 is 2.50 bits per heavy atom. The predicted octanol–water partition coefficient (Wildman–Crippen LogP) is 6.53. The zero-order valence-corrected chi connectivity index (χ0v) is 16.6. The van der Waals surface area contributed by atoms with Gasteiger partial charge in [0.2, 0.25) is 5.78 Å². The Labute approximate surface area is 169 Å². The lowest BCUT2D eigenvalue weighted by Gasteiger charge is -2.27. The zero-order valence-electron chi connectivity index (χ0n) is 15.7. The molecule has 1 saturated carbocycles. The van der Waals surface area contributed by atoms with Crippen LogP contribution in [-0.2, 0) is 0 Å². The number of ketones is 1. The third-order valence-electron chi connectivity index (χ3n) is 6.05. The van der Waals surface area contributed by atoms with E-state index in [4.69, 9.17) is 4.42 Å². The molecule has 5 rings (SSSR count). The zero-order chi connectivity index (χ0) is 19.1. The summed E-state index contributed by atoms with van der Waals surface area (Å²) in [6.45, 7) is 2.08. The Balaban J connectivity index is 1.46. The summed E-state index contributed by atoms with van der Waals surface area (Å²) in [4.78, 5) is 15.6. The largest absolute Gasteiger partial charge is 0.460 e. The second-order valence-electron chi connectivity index (χ2n) is 7.80. The summed E-state index contributed by atoms with van der Waals surface area (Å²) in [5, 5.41) is 0. The number of furan rings is 1. The SMILES string of the molecule is Cc1ccc(Sc2ccoc2C(=O)[C@@H]2[C@@H](c3ccccc3)[C@@H]3C=C[C@H]2C3)cc1. The summed E-state index contributed by atoms with van der Waals surface area (Å²) in [5.41, 5.74) is 2.49. The predicted molar refractivity (Wildman–Crippen MR) is 112 cm³/mol. The van der Waals surface area contributed by atoms with Gasteiger partial charge >= 0.3 is 0 Å². The minimum absolute atomic E-state index is 0.0408. The van der Waals surface area contributed by atoms with Crippen LogP contribution in [0, 0.1) is 24.7 Å². The van der Waals surface area contributed by atoms with Crippen LogP contribution in [-0.4, -0.2) is 5.78 Å². The summed E-state index contributed by atoms with van der Waals surface area (Å²) in [7, 11) is 0. The fourth-order valence-electron chi connectivity index (χ4n) is 4.75. The molecule has 0 unspecified atom stereocenters. The van der Waals surface area contributed by atoms with Crippen molar-refractivity contribution in [1.29, 1.82) is 0 Å². The smallest absolute Gasteiger partial charge is 0.203 e. The fourth-order valence-corrected chi connectivity index (χ4v) is 5.64. The van der Waals surface area contributed by atoms with Gasteiger partial charge in [-0.05, 0) is 48.9 Å². The molecule has 2 bridgehead atoms. The maximum absolute atomic E-state index is 13.6. The quantitative estimate of drug-likeness (QED) is 0.369. The van der Waals surface area contributed by atoms with Gasteiger partial charge in [0.15, 0.2) is 5.76 Å². The summed E-state index contributed by atoms with van der Waals surface area (Å²) in [6, 6.07) is 20.8. The number of benzene rings is 2. The minimum Gasteiger partial charge on any atom is -0.460 e. The Hall–Kier alpha value is -2.52. The molecule has 0 aliphatic heterocycles. The number of fused-ring (bicyclic) bond motifs is 2. The Morgan fingerprint density at radius 2 is 1.71 bits per heavy atom. The second kappa shape index (κ2) is 7.14. The lowest BCUT2D eigenvalue weighted by Crippen LogP contribution is -2.26. The number of aryl methyl sites for hydroxylation is 1. The number of allylic oxidation sites excluding steroid dienone is 2. The first kappa shape index (κ1) is 17.6. The van der Waals surface area contributed by atoms with Gasteiger partial charge in [-0.2, -0.15) is 0 Å². The van der Waals surface area contributed by atoms with E-state index in [9.17, 15) is 4.79 Å². The van der Waals surface area contributed by atoms with Gasteiger partial charge < -0.3 is 4.42 Å². The third-order valence-corrected chi connectivity index (χ3v) is 7.10. The molecular formula is C25H22O2S. The number of rotatable bonds is 5. The normalized spacial score (nSPS) is 25.3. The van der Waals surface area contributed by atoms with Gasteiger partial charge in [0.05, 0.1) is 11.2 Å². The van der Waals surface area contributed by atoms with E-state index in [1.165, 1.54) is 11.1 Å². The van der Waals surface area contributed by atoms with E-state index in [2.05, 4.69) is 67.6 Å². The van der Waals surface area contributed by atoms with Crippen LogP contribution in [0.4, 0.5) is 0 Å². The fraction of sp³-hybridized carbons (Fsp3) is 0.240. The van der Waals surface area contributed by atoms with Gasteiger partial charge in [-0.3, -0.25) is 4.79 Å². The minimum atomic E-state index is -0.0408. The van der Waals surface area contributed by atoms with Crippen LogP contribution < -0.4 is 0 Å². The molecule has 140 valence electrons. The molecule has 4 atom stereocenters. The van der Waals surface area contributed by atoms with E-state index < -0.39 is 0 Å². The molecule has 0 spiro atoms. The maximum atomic E-state index is 13.6. The molecule has 1 heterocycles. The average molecular weight is 387 g/mol. The van der Waals surface area contributed by atoms with Crippen LogP contribution in [0.2, 0.25) is 0 Å².